The lowest BCUT2D eigenvalue weighted by Gasteiger charge is -2.20. The van der Waals surface area contributed by atoms with Crippen LogP contribution in [0.4, 0.5) is 0 Å². The first-order valence-electron chi connectivity index (χ1n) is 7.60. The van der Waals surface area contributed by atoms with Crippen LogP contribution in [0.3, 0.4) is 0 Å². The van der Waals surface area contributed by atoms with Gasteiger partial charge in [0.15, 0.2) is 0 Å². The Morgan fingerprint density at radius 2 is 2.10 bits per heavy atom. The van der Waals surface area contributed by atoms with Gasteiger partial charge in [-0.15, -0.1) is 11.3 Å². The Balaban J connectivity index is 2.20. The van der Waals surface area contributed by atoms with Crippen LogP contribution in [0.15, 0.2) is 29.6 Å². The molecule has 21 heavy (non-hydrogen) atoms. The first-order valence-corrected chi connectivity index (χ1v) is 8.48. The zero-order valence-corrected chi connectivity index (χ0v) is 13.9. The fourth-order valence-corrected chi connectivity index (χ4v) is 3.14. The van der Waals surface area contributed by atoms with Crippen molar-refractivity contribution in [3.63, 3.8) is 0 Å². The van der Waals surface area contributed by atoms with E-state index in [-0.39, 0.29) is 6.04 Å². The molecule has 0 saturated carbocycles. The van der Waals surface area contributed by atoms with Gasteiger partial charge in [0.2, 0.25) is 0 Å². The summed E-state index contributed by atoms with van der Waals surface area (Å²) >= 11 is 1.73. The second-order valence-electron chi connectivity index (χ2n) is 5.08. The number of hydrogen-bond acceptors (Lipinski definition) is 4. The molecule has 2 aromatic rings. The highest BCUT2D eigenvalue weighted by molar-refractivity contribution is 7.09. The van der Waals surface area contributed by atoms with Gasteiger partial charge in [0.25, 0.3) is 0 Å². The third-order valence-corrected chi connectivity index (χ3v) is 4.24. The number of ether oxygens (including phenoxy) is 1. The molecule has 1 unspecified atom stereocenters. The maximum atomic E-state index is 5.90. The van der Waals surface area contributed by atoms with Gasteiger partial charge in [-0.25, -0.2) is 4.98 Å². The molecule has 1 aromatic heterocycles. The Bertz CT molecular complexity index is 553. The average Bonchev–Trinajstić information content (AvgIpc) is 2.90. The van der Waals surface area contributed by atoms with E-state index in [0.29, 0.717) is 0 Å². The number of aromatic nitrogens is 1. The van der Waals surface area contributed by atoms with Crippen LogP contribution in [0.25, 0.3) is 0 Å². The van der Waals surface area contributed by atoms with E-state index < -0.39 is 0 Å². The predicted octanol–water partition coefficient (Wildman–Crippen LogP) is 4.13. The monoisotopic (exact) mass is 304 g/mol. The molecule has 0 aliphatic rings. The Kier molecular flexibility index (Phi) is 6.21. The highest BCUT2D eigenvalue weighted by atomic mass is 32.1. The number of aryl methyl sites for hydroxylation is 1. The summed E-state index contributed by atoms with van der Waals surface area (Å²) in [5.74, 6) is 0.985. The van der Waals surface area contributed by atoms with Crippen LogP contribution in [0.1, 0.15) is 42.6 Å². The van der Waals surface area contributed by atoms with Gasteiger partial charge in [-0.05, 0) is 26.0 Å². The lowest BCUT2D eigenvalue weighted by atomic mass is 10.0. The van der Waals surface area contributed by atoms with E-state index in [1.807, 2.05) is 13.0 Å². The second kappa shape index (κ2) is 8.15. The van der Waals surface area contributed by atoms with Crippen molar-refractivity contribution in [1.29, 1.82) is 0 Å². The minimum Gasteiger partial charge on any atom is -0.493 e. The number of nitrogens with zero attached hydrogens (tertiary/aromatic N) is 1. The highest BCUT2D eigenvalue weighted by Gasteiger charge is 2.17. The second-order valence-corrected chi connectivity index (χ2v) is 6.03. The Labute approximate surface area is 131 Å². The molecule has 0 fully saturated rings. The molecule has 0 bridgehead atoms. The van der Waals surface area contributed by atoms with Crippen molar-refractivity contribution in [3.05, 3.63) is 45.9 Å². The van der Waals surface area contributed by atoms with E-state index >= 15 is 0 Å². The summed E-state index contributed by atoms with van der Waals surface area (Å²) < 4.78 is 5.90. The summed E-state index contributed by atoms with van der Waals surface area (Å²) in [6.45, 7) is 7.99. The van der Waals surface area contributed by atoms with Crippen molar-refractivity contribution in [2.24, 2.45) is 0 Å². The SMILES string of the molecule is CCCOc1ccccc1C(Cc1nc(C)cs1)NCC. The lowest BCUT2D eigenvalue weighted by Crippen LogP contribution is -2.23. The quantitative estimate of drug-likeness (QED) is 0.796. The molecule has 3 nitrogen and oxygen atoms in total. The molecule has 0 saturated heterocycles. The van der Waals surface area contributed by atoms with Crippen LogP contribution in [-0.2, 0) is 6.42 Å². The third-order valence-electron chi connectivity index (χ3n) is 3.25. The van der Waals surface area contributed by atoms with E-state index in [9.17, 15) is 0 Å². The predicted molar refractivity (Wildman–Crippen MR) is 89.2 cm³/mol. The summed E-state index contributed by atoms with van der Waals surface area (Å²) in [7, 11) is 0. The molecule has 0 spiro atoms. The van der Waals surface area contributed by atoms with Crippen LogP contribution in [0, 0.1) is 6.92 Å². The van der Waals surface area contributed by atoms with Gasteiger partial charge in [-0.1, -0.05) is 32.0 Å². The number of hydrogen-bond donors (Lipinski definition) is 1. The van der Waals surface area contributed by atoms with Crippen LogP contribution in [0.2, 0.25) is 0 Å². The highest BCUT2D eigenvalue weighted by Crippen LogP contribution is 2.28. The van der Waals surface area contributed by atoms with Gasteiger partial charge in [0.1, 0.15) is 5.75 Å². The molecular weight excluding hydrogens is 280 g/mol. The van der Waals surface area contributed by atoms with Crippen molar-refractivity contribution in [1.82, 2.24) is 10.3 Å². The van der Waals surface area contributed by atoms with E-state index in [4.69, 9.17) is 4.74 Å². The van der Waals surface area contributed by atoms with Gasteiger partial charge in [0, 0.05) is 29.1 Å². The molecule has 0 radical (unpaired) electrons. The molecule has 0 aliphatic carbocycles. The number of para-hydroxylation sites is 1. The first-order chi connectivity index (χ1) is 10.2. The lowest BCUT2D eigenvalue weighted by molar-refractivity contribution is 0.310. The van der Waals surface area contributed by atoms with Gasteiger partial charge in [-0.3, -0.25) is 0 Å². The van der Waals surface area contributed by atoms with E-state index in [1.165, 1.54) is 10.6 Å². The fourth-order valence-electron chi connectivity index (χ4n) is 2.32. The number of rotatable bonds is 8. The fraction of sp³-hybridized carbons (Fsp3) is 0.471. The van der Waals surface area contributed by atoms with Crippen molar-refractivity contribution in [3.8, 4) is 5.75 Å². The van der Waals surface area contributed by atoms with Crippen LogP contribution in [-0.4, -0.2) is 18.1 Å². The summed E-state index contributed by atoms with van der Waals surface area (Å²) in [6, 6.07) is 8.56. The topological polar surface area (TPSA) is 34.1 Å². The van der Waals surface area contributed by atoms with Crippen molar-refractivity contribution in [2.75, 3.05) is 13.2 Å². The maximum Gasteiger partial charge on any atom is 0.124 e. The summed E-state index contributed by atoms with van der Waals surface area (Å²) in [5.41, 5.74) is 2.32. The zero-order valence-electron chi connectivity index (χ0n) is 13.1. The molecule has 0 aliphatic heterocycles. The van der Waals surface area contributed by atoms with Crippen LogP contribution >= 0.6 is 11.3 Å². The average molecular weight is 304 g/mol. The molecule has 4 heteroatoms. The molecule has 1 N–H and O–H groups in total. The molecule has 1 heterocycles. The Hall–Kier alpha value is -1.39. The van der Waals surface area contributed by atoms with Gasteiger partial charge in [0.05, 0.1) is 11.6 Å². The molecule has 1 aromatic carbocycles. The maximum absolute atomic E-state index is 5.90. The van der Waals surface area contributed by atoms with Crippen molar-refractivity contribution in [2.45, 2.75) is 39.7 Å². The number of benzene rings is 1. The van der Waals surface area contributed by atoms with Gasteiger partial charge < -0.3 is 10.1 Å². The first kappa shape index (κ1) is 16.0. The van der Waals surface area contributed by atoms with Crippen molar-refractivity contribution >= 4 is 11.3 Å². The van der Waals surface area contributed by atoms with Crippen LogP contribution < -0.4 is 10.1 Å². The largest absolute Gasteiger partial charge is 0.493 e. The summed E-state index contributed by atoms with van der Waals surface area (Å²) in [5, 5.41) is 6.84. The Morgan fingerprint density at radius 3 is 2.76 bits per heavy atom. The van der Waals surface area contributed by atoms with E-state index in [2.05, 4.69) is 47.7 Å². The standard InChI is InChI=1S/C17H24N2OS/c1-4-10-20-16-9-7-6-8-14(16)15(18-5-2)11-17-19-13(3)12-21-17/h6-9,12,15,18H,4-5,10-11H2,1-3H3. The molecular formula is C17H24N2OS. The van der Waals surface area contributed by atoms with Gasteiger partial charge in [-0.2, -0.15) is 0 Å². The normalized spacial score (nSPS) is 12.3. The zero-order chi connectivity index (χ0) is 15.1. The summed E-state index contributed by atoms with van der Waals surface area (Å²) in [4.78, 5) is 4.59. The molecule has 1 atom stereocenters. The van der Waals surface area contributed by atoms with E-state index in [1.54, 1.807) is 11.3 Å². The minimum absolute atomic E-state index is 0.244. The molecule has 114 valence electrons. The smallest absolute Gasteiger partial charge is 0.124 e. The third kappa shape index (κ3) is 4.55. The molecule has 0 amide bonds. The van der Waals surface area contributed by atoms with Gasteiger partial charge >= 0.3 is 0 Å². The summed E-state index contributed by atoms with van der Waals surface area (Å²) in [6.07, 6.45) is 1.92. The number of thiazole rings is 1. The number of nitrogens with one attached hydrogen (secondary N) is 1. The van der Waals surface area contributed by atoms with E-state index in [0.717, 1.165) is 37.4 Å². The number of likely N-dealkylation sites (N-methyl/N-ethyl adjacent to an activating group) is 1. The van der Waals surface area contributed by atoms with Crippen molar-refractivity contribution < 1.29 is 4.74 Å². The van der Waals surface area contributed by atoms with Crippen LogP contribution in [0.5, 0.6) is 5.75 Å². The molecule has 2 rings (SSSR count). The minimum atomic E-state index is 0.244. The Morgan fingerprint density at radius 1 is 1.29 bits per heavy atom.